The number of phenols is 2. The number of aromatic hydroxyl groups is 2. The molecule has 1 aromatic carbocycles. The van der Waals surface area contributed by atoms with Gasteiger partial charge in [0.2, 0.25) is 0 Å². The quantitative estimate of drug-likeness (QED) is 0.712. The highest BCUT2D eigenvalue weighted by Gasteiger charge is 2.20. The standard InChI is InChI=1S/C12H14O3/c13-10-5-8(6-11(14)7-10)1-2-9-3-4-12(9)15/h4-7,9,13-15H,1-3H2/t9-/m1/s1. The Labute approximate surface area is 88.3 Å². The van der Waals surface area contributed by atoms with Crippen molar-refractivity contribution in [2.75, 3.05) is 0 Å². The summed E-state index contributed by atoms with van der Waals surface area (Å²) in [5.41, 5.74) is 0.896. The van der Waals surface area contributed by atoms with Crippen LogP contribution < -0.4 is 0 Å². The number of hydrogen-bond acceptors (Lipinski definition) is 3. The first-order valence-corrected chi connectivity index (χ1v) is 5.06. The van der Waals surface area contributed by atoms with Crippen LogP contribution in [0.3, 0.4) is 0 Å². The number of allylic oxidation sites excluding steroid dienone is 2. The van der Waals surface area contributed by atoms with Gasteiger partial charge in [0.05, 0.1) is 5.76 Å². The Morgan fingerprint density at radius 1 is 1.07 bits per heavy atom. The van der Waals surface area contributed by atoms with Crippen molar-refractivity contribution >= 4 is 0 Å². The summed E-state index contributed by atoms with van der Waals surface area (Å²) in [6, 6.07) is 4.59. The fourth-order valence-corrected chi connectivity index (χ4v) is 1.80. The first kappa shape index (κ1) is 9.90. The molecule has 0 radical (unpaired) electrons. The minimum absolute atomic E-state index is 0.0818. The Morgan fingerprint density at radius 3 is 2.20 bits per heavy atom. The second-order valence-corrected chi connectivity index (χ2v) is 3.96. The number of benzene rings is 1. The van der Waals surface area contributed by atoms with Crippen LogP contribution in [0, 0.1) is 5.92 Å². The molecule has 0 bridgehead atoms. The van der Waals surface area contributed by atoms with E-state index < -0.39 is 0 Å². The topological polar surface area (TPSA) is 60.7 Å². The molecule has 3 nitrogen and oxygen atoms in total. The molecule has 0 spiro atoms. The molecule has 3 heteroatoms. The highest BCUT2D eigenvalue weighted by molar-refractivity contribution is 5.36. The first-order valence-electron chi connectivity index (χ1n) is 5.06. The van der Waals surface area contributed by atoms with E-state index in [9.17, 15) is 15.3 Å². The maximum Gasteiger partial charge on any atom is 0.119 e. The van der Waals surface area contributed by atoms with Crippen molar-refractivity contribution in [2.24, 2.45) is 5.92 Å². The number of aryl methyl sites for hydroxylation is 1. The molecule has 80 valence electrons. The molecule has 0 fully saturated rings. The molecule has 1 aromatic rings. The number of aliphatic hydroxyl groups excluding tert-OH is 1. The molecule has 0 saturated carbocycles. The second-order valence-electron chi connectivity index (χ2n) is 3.96. The van der Waals surface area contributed by atoms with Crippen LogP contribution in [0.15, 0.2) is 30.0 Å². The van der Waals surface area contributed by atoms with Crippen LogP contribution in [-0.4, -0.2) is 15.3 Å². The molecule has 1 aliphatic rings. The summed E-state index contributed by atoms with van der Waals surface area (Å²) >= 11 is 0. The Bertz CT molecular complexity index is 376. The van der Waals surface area contributed by atoms with Crippen molar-refractivity contribution in [2.45, 2.75) is 19.3 Å². The van der Waals surface area contributed by atoms with Gasteiger partial charge >= 0.3 is 0 Å². The molecule has 1 aliphatic carbocycles. The lowest BCUT2D eigenvalue weighted by molar-refractivity contribution is 0.283. The van der Waals surface area contributed by atoms with Gasteiger partial charge in [-0.05, 0) is 43.0 Å². The highest BCUT2D eigenvalue weighted by atomic mass is 16.3. The molecule has 0 saturated heterocycles. The van der Waals surface area contributed by atoms with Crippen molar-refractivity contribution in [3.63, 3.8) is 0 Å². The molecule has 0 aromatic heterocycles. The average Bonchev–Trinajstić information content (AvgIpc) is 2.14. The van der Waals surface area contributed by atoms with Crippen LogP contribution in [0.25, 0.3) is 0 Å². The summed E-state index contributed by atoms with van der Waals surface area (Å²) < 4.78 is 0. The van der Waals surface area contributed by atoms with Crippen LogP contribution >= 0.6 is 0 Å². The Kier molecular flexibility index (Phi) is 2.54. The number of rotatable bonds is 3. The molecule has 0 unspecified atom stereocenters. The molecule has 1 atom stereocenters. The molecular weight excluding hydrogens is 192 g/mol. The average molecular weight is 206 g/mol. The van der Waals surface area contributed by atoms with Gasteiger partial charge in [0, 0.05) is 12.0 Å². The smallest absolute Gasteiger partial charge is 0.119 e. The predicted molar refractivity (Wildman–Crippen MR) is 56.9 cm³/mol. The molecule has 0 heterocycles. The molecule has 15 heavy (non-hydrogen) atoms. The summed E-state index contributed by atoms with van der Waals surface area (Å²) in [6.45, 7) is 0. The van der Waals surface area contributed by atoms with Gasteiger partial charge in [0.25, 0.3) is 0 Å². The SMILES string of the molecule is OC1=CC[C@H]1CCc1cc(O)cc(O)c1. The minimum Gasteiger partial charge on any atom is -0.512 e. The molecule has 2 rings (SSSR count). The van der Waals surface area contributed by atoms with E-state index in [4.69, 9.17) is 0 Å². The van der Waals surface area contributed by atoms with Crippen molar-refractivity contribution in [3.05, 3.63) is 35.6 Å². The fraction of sp³-hybridized carbons (Fsp3) is 0.333. The van der Waals surface area contributed by atoms with E-state index in [2.05, 4.69) is 0 Å². The van der Waals surface area contributed by atoms with Crippen molar-refractivity contribution in [1.29, 1.82) is 0 Å². The van der Waals surface area contributed by atoms with E-state index in [-0.39, 0.29) is 17.4 Å². The van der Waals surface area contributed by atoms with E-state index in [1.165, 1.54) is 6.07 Å². The van der Waals surface area contributed by atoms with Crippen LogP contribution in [-0.2, 0) is 6.42 Å². The van der Waals surface area contributed by atoms with E-state index in [0.29, 0.717) is 5.76 Å². The van der Waals surface area contributed by atoms with Crippen LogP contribution in [0.4, 0.5) is 0 Å². The predicted octanol–water partition coefficient (Wildman–Crippen LogP) is 2.49. The second kappa shape index (κ2) is 3.85. The number of phenolic OH excluding ortho intramolecular Hbond substituents is 2. The van der Waals surface area contributed by atoms with Crippen molar-refractivity contribution in [1.82, 2.24) is 0 Å². The molecule has 0 amide bonds. The zero-order valence-corrected chi connectivity index (χ0v) is 8.35. The van der Waals surface area contributed by atoms with Gasteiger partial charge in [0.15, 0.2) is 0 Å². The minimum atomic E-state index is 0.0818. The van der Waals surface area contributed by atoms with E-state index in [1.807, 2.05) is 6.08 Å². The first-order chi connectivity index (χ1) is 7.15. The van der Waals surface area contributed by atoms with Crippen LogP contribution in [0.1, 0.15) is 18.4 Å². The lowest BCUT2D eigenvalue weighted by Gasteiger charge is -2.21. The Hall–Kier alpha value is -1.64. The lowest BCUT2D eigenvalue weighted by Crippen LogP contribution is -2.12. The van der Waals surface area contributed by atoms with Gasteiger partial charge in [-0.3, -0.25) is 0 Å². The maximum absolute atomic E-state index is 9.26. The van der Waals surface area contributed by atoms with Crippen LogP contribution in [0.5, 0.6) is 11.5 Å². The van der Waals surface area contributed by atoms with E-state index in [1.54, 1.807) is 12.1 Å². The summed E-state index contributed by atoms with van der Waals surface area (Å²) in [7, 11) is 0. The lowest BCUT2D eigenvalue weighted by atomic mass is 9.87. The molecule has 0 aliphatic heterocycles. The zero-order valence-electron chi connectivity index (χ0n) is 8.35. The largest absolute Gasteiger partial charge is 0.512 e. The van der Waals surface area contributed by atoms with Gasteiger partial charge in [0.1, 0.15) is 11.5 Å². The monoisotopic (exact) mass is 206 g/mol. The summed E-state index contributed by atoms with van der Waals surface area (Å²) in [4.78, 5) is 0. The van der Waals surface area contributed by atoms with E-state index >= 15 is 0 Å². The fourth-order valence-electron chi connectivity index (χ4n) is 1.80. The third-order valence-electron chi connectivity index (χ3n) is 2.77. The summed E-state index contributed by atoms with van der Waals surface area (Å²) in [6.07, 6.45) is 4.34. The van der Waals surface area contributed by atoms with Crippen molar-refractivity contribution < 1.29 is 15.3 Å². The van der Waals surface area contributed by atoms with Gasteiger partial charge < -0.3 is 15.3 Å². The molecular formula is C12H14O3. The van der Waals surface area contributed by atoms with Crippen molar-refractivity contribution in [3.8, 4) is 11.5 Å². The third kappa shape index (κ3) is 2.24. The summed E-state index contributed by atoms with van der Waals surface area (Å²) in [5, 5.41) is 27.8. The van der Waals surface area contributed by atoms with E-state index in [0.717, 1.165) is 24.8 Å². The Morgan fingerprint density at radius 2 is 1.73 bits per heavy atom. The van der Waals surface area contributed by atoms with Gasteiger partial charge in [-0.1, -0.05) is 0 Å². The highest BCUT2D eigenvalue weighted by Crippen LogP contribution is 2.30. The number of aliphatic hydroxyl groups is 1. The van der Waals surface area contributed by atoms with Gasteiger partial charge in [-0.2, -0.15) is 0 Å². The third-order valence-corrected chi connectivity index (χ3v) is 2.77. The van der Waals surface area contributed by atoms with Gasteiger partial charge in [-0.15, -0.1) is 0 Å². The Balaban J connectivity index is 1.96. The van der Waals surface area contributed by atoms with Crippen LogP contribution in [0.2, 0.25) is 0 Å². The number of hydrogen-bond donors (Lipinski definition) is 3. The van der Waals surface area contributed by atoms with Gasteiger partial charge in [-0.25, -0.2) is 0 Å². The summed E-state index contributed by atoms with van der Waals surface area (Å²) in [5.74, 6) is 0.894. The maximum atomic E-state index is 9.26. The zero-order chi connectivity index (χ0) is 10.8. The normalized spacial score (nSPS) is 19.5. The molecule has 3 N–H and O–H groups in total.